The number of methoxy groups -OCH3 is 1. The number of aromatic amines is 1. The smallest absolute Gasteiger partial charge is 0.243 e. The highest BCUT2D eigenvalue weighted by Crippen LogP contribution is 2.41. The maximum Gasteiger partial charge on any atom is 0.243 e. The second kappa shape index (κ2) is 5.79. The van der Waals surface area contributed by atoms with Gasteiger partial charge in [-0.15, -0.1) is 0 Å². The maximum absolute atomic E-state index is 12.6. The van der Waals surface area contributed by atoms with Gasteiger partial charge in [0.25, 0.3) is 0 Å². The second-order valence-corrected chi connectivity index (χ2v) is 7.31. The van der Waals surface area contributed by atoms with Crippen LogP contribution in [0.5, 0.6) is 5.75 Å². The van der Waals surface area contributed by atoms with E-state index < -0.39 is 6.04 Å². The molecule has 2 aliphatic rings. The van der Waals surface area contributed by atoms with Gasteiger partial charge in [-0.2, -0.15) is 0 Å². The molecular weight excluding hydrogens is 318 g/mol. The van der Waals surface area contributed by atoms with Crippen LogP contribution in [0.1, 0.15) is 37.6 Å². The molecular formula is C19H23N3O3. The zero-order valence-corrected chi connectivity index (χ0v) is 14.8. The van der Waals surface area contributed by atoms with E-state index in [1.165, 1.54) is 0 Å². The monoisotopic (exact) mass is 341 g/mol. The van der Waals surface area contributed by atoms with Crippen LogP contribution < -0.4 is 10.1 Å². The summed E-state index contributed by atoms with van der Waals surface area (Å²) in [4.78, 5) is 30.3. The van der Waals surface area contributed by atoms with Crippen LogP contribution in [0.15, 0.2) is 18.2 Å². The Bertz CT molecular complexity index is 855. The highest BCUT2D eigenvalue weighted by molar-refractivity contribution is 5.97. The third kappa shape index (κ3) is 2.47. The molecule has 1 aromatic heterocycles. The molecule has 25 heavy (non-hydrogen) atoms. The van der Waals surface area contributed by atoms with Gasteiger partial charge in [-0.1, -0.05) is 13.8 Å². The summed E-state index contributed by atoms with van der Waals surface area (Å²) in [7, 11) is 1.65. The molecule has 2 aromatic rings. The Labute approximate surface area is 146 Å². The topological polar surface area (TPSA) is 74.4 Å². The van der Waals surface area contributed by atoms with Crippen molar-refractivity contribution in [1.29, 1.82) is 0 Å². The number of nitrogens with zero attached hydrogens (tertiary/aromatic N) is 1. The average Bonchev–Trinajstić information content (AvgIpc) is 2.95. The number of aromatic nitrogens is 1. The van der Waals surface area contributed by atoms with Crippen molar-refractivity contribution < 1.29 is 14.3 Å². The Hall–Kier alpha value is -2.50. The van der Waals surface area contributed by atoms with Crippen molar-refractivity contribution in [2.24, 2.45) is 5.92 Å². The zero-order valence-electron chi connectivity index (χ0n) is 14.8. The van der Waals surface area contributed by atoms with Crippen LogP contribution in [0.3, 0.4) is 0 Å². The van der Waals surface area contributed by atoms with Gasteiger partial charge < -0.3 is 19.9 Å². The van der Waals surface area contributed by atoms with E-state index in [1.807, 2.05) is 18.2 Å². The van der Waals surface area contributed by atoms with Crippen LogP contribution in [0, 0.1) is 5.92 Å². The van der Waals surface area contributed by atoms with Gasteiger partial charge in [-0.25, -0.2) is 0 Å². The molecule has 1 saturated heterocycles. The third-order valence-electron chi connectivity index (χ3n) is 5.25. The minimum atomic E-state index is -0.418. The molecule has 2 atom stereocenters. The van der Waals surface area contributed by atoms with Crippen LogP contribution in [0.25, 0.3) is 10.9 Å². The second-order valence-electron chi connectivity index (χ2n) is 7.31. The number of carbonyl (C=O) groups excluding carboxylic acids is 2. The van der Waals surface area contributed by atoms with E-state index >= 15 is 0 Å². The minimum Gasteiger partial charge on any atom is -0.497 e. The number of nitrogens with one attached hydrogen (secondary N) is 2. The fourth-order valence-electron chi connectivity index (χ4n) is 4.15. The van der Waals surface area contributed by atoms with Gasteiger partial charge in [0.1, 0.15) is 11.8 Å². The number of fused-ring (bicyclic) bond motifs is 4. The quantitative estimate of drug-likeness (QED) is 0.898. The summed E-state index contributed by atoms with van der Waals surface area (Å²) < 4.78 is 5.33. The van der Waals surface area contributed by atoms with Crippen molar-refractivity contribution in [1.82, 2.24) is 15.2 Å². The Morgan fingerprint density at radius 3 is 2.84 bits per heavy atom. The molecule has 132 valence electrons. The number of piperazine rings is 1. The molecule has 1 fully saturated rings. The lowest BCUT2D eigenvalue weighted by Gasteiger charge is -2.44. The number of benzene rings is 1. The molecule has 0 aliphatic carbocycles. The molecule has 6 nitrogen and oxygen atoms in total. The number of ether oxygens (including phenoxy) is 1. The lowest BCUT2D eigenvalue weighted by atomic mass is 9.86. The standard InChI is InChI=1S/C19H23N3O3/c1-10(2)6-15-18-13(8-16-19(24)20-9-17(23)22(15)16)12-5-4-11(25-3)7-14(12)21-18/h4-5,7,10,15-16,21H,6,8-9H2,1-3H3,(H,20,24)/t15?,16-/m0/s1. The van der Waals surface area contributed by atoms with Gasteiger partial charge in [0, 0.05) is 29.1 Å². The fourth-order valence-corrected chi connectivity index (χ4v) is 4.15. The summed E-state index contributed by atoms with van der Waals surface area (Å²) in [5.41, 5.74) is 3.21. The summed E-state index contributed by atoms with van der Waals surface area (Å²) in [6, 6.07) is 5.44. The number of H-pyrrole nitrogens is 1. The summed E-state index contributed by atoms with van der Waals surface area (Å²) in [6.45, 7) is 4.38. The Balaban J connectivity index is 1.89. The van der Waals surface area contributed by atoms with Crippen LogP contribution in [0.2, 0.25) is 0 Å². The minimum absolute atomic E-state index is 0.00265. The summed E-state index contributed by atoms with van der Waals surface area (Å²) in [5, 5.41) is 3.84. The van der Waals surface area contributed by atoms with Gasteiger partial charge in [-0.05, 0) is 30.0 Å². The van der Waals surface area contributed by atoms with Gasteiger partial charge in [0.2, 0.25) is 11.8 Å². The predicted molar refractivity (Wildman–Crippen MR) is 94.4 cm³/mol. The molecule has 6 heteroatoms. The number of hydrogen-bond donors (Lipinski definition) is 2. The average molecular weight is 341 g/mol. The number of carbonyl (C=O) groups is 2. The van der Waals surface area contributed by atoms with Crippen molar-refractivity contribution >= 4 is 22.7 Å². The fraction of sp³-hybridized carbons (Fsp3) is 0.474. The van der Waals surface area contributed by atoms with Crippen molar-refractivity contribution in [2.75, 3.05) is 13.7 Å². The van der Waals surface area contributed by atoms with Crippen LogP contribution in [-0.2, 0) is 16.0 Å². The van der Waals surface area contributed by atoms with E-state index in [9.17, 15) is 9.59 Å². The molecule has 2 aliphatic heterocycles. The molecule has 2 amide bonds. The maximum atomic E-state index is 12.6. The lowest BCUT2D eigenvalue weighted by Crippen LogP contribution is -2.61. The van der Waals surface area contributed by atoms with Crippen molar-refractivity contribution in [3.8, 4) is 5.75 Å². The molecule has 0 bridgehead atoms. The van der Waals surface area contributed by atoms with Crippen molar-refractivity contribution in [3.05, 3.63) is 29.5 Å². The lowest BCUT2D eigenvalue weighted by molar-refractivity contribution is -0.149. The number of hydrogen-bond acceptors (Lipinski definition) is 3. The van der Waals surface area contributed by atoms with Crippen LogP contribution >= 0.6 is 0 Å². The Kier molecular flexibility index (Phi) is 3.71. The molecule has 1 unspecified atom stereocenters. The van der Waals surface area contributed by atoms with Crippen LogP contribution in [-0.4, -0.2) is 41.4 Å². The highest BCUT2D eigenvalue weighted by atomic mass is 16.5. The van der Waals surface area contributed by atoms with Crippen molar-refractivity contribution in [2.45, 2.75) is 38.8 Å². The van der Waals surface area contributed by atoms with Crippen molar-refractivity contribution in [3.63, 3.8) is 0 Å². The van der Waals surface area contributed by atoms with Crippen LogP contribution in [0.4, 0.5) is 0 Å². The first-order valence-corrected chi connectivity index (χ1v) is 8.77. The molecule has 1 aromatic carbocycles. The van der Waals surface area contributed by atoms with E-state index in [0.29, 0.717) is 12.3 Å². The molecule has 4 rings (SSSR count). The van der Waals surface area contributed by atoms with E-state index in [0.717, 1.165) is 34.3 Å². The molecule has 2 N–H and O–H groups in total. The highest BCUT2D eigenvalue weighted by Gasteiger charge is 2.45. The summed E-state index contributed by atoms with van der Waals surface area (Å²) in [5.74, 6) is 1.15. The van der Waals surface area contributed by atoms with E-state index in [1.54, 1.807) is 12.0 Å². The molecule has 3 heterocycles. The largest absolute Gasteiger partial charge is 0.497 e. The summed E-state index contributed by atoms with van der Waals surface area (Å²) >= 11 is 0. The van der Waals surface area contributed by atoms with E-state index in [2.05, 4.69) is 24.1 Å². The number of rotatable bonds is 3. The normalized spacial score (nSPS) is 22.8. The van der Waals surface area contributed by atoms with Gasteiger partial charge in [0.15, 0.2) is 0 Å². The Morgan fingerprint density at radius 2 is 2.12 bits per heavy atom. The molecule has 0 saturated carbocycles. The zero-order chi connectivity index (χ0) is 17.7. The summed E-state index contributed by atoms with van der Waals surface area (Å²) in [6.07, 6.45) is 1.38. The van der Waals surface area contributed by atoms with Gasteiger partial charge in [0.05, 0.1) is 19.7 Å². The van der Waals surface area contributed by atoms with Gasteiger partial charge in [-0.3, -0.25) is 9.59 Å². The third-order valence-corrected chi connectivity index (χ3v) is 5.25. The first-order valence-electron chi connectivity index (χ1n) is 8.77. The molecule has 0 radical (unpaired) electrons. The SMILES string of the molecule is COc1ccc2c3c([nH]c2c1)C(CC(C)C)N1C(=O)CNC(=O)[C@@H]1C3. The van der Waals surface area contributed by atoms with E-state index in [4.69, 9.17) is 4.74 Å². The number of amides is 2. The van der Waals surface area contributed by atoms with Gasteiger partial charge >= 0.3 is 0 Å². The first kappa shape index (κ1) is 16.0. The predicted octanol–water partition coefficient (Wildman–Crippen LogP) is 2.15. The Morgan fingerprint density at radius 1 is 1.32 bits per heavy atom. The molecule has 0 spiro atoms. The first-order chi connectivity index (χ1) is 12.0. The van der Waals surface area contributed by atoms with E-state index in [-0.39, 0.29) is 24.4 Å².